The molecule has 0 radical (unpaired) electrons. The summed E-state index contributed by atoms with van der Waals surface area (Å²) < 4.78 is 11.3. The molecule has 4 nitrogen and oxygen atoms in total. The van der Waals surface area contributed by atoms with Gasteiger partial charge in [0.2, 0.25) is 0 Å². The van der Waals surface area contributed by atoms with Crippen LogP contribution in [0, 0.1) is 0 Å². The number of carbonyl (C=O) groups is 1. The van der Waals surface area contributed by atoms with E-state index in [0.717, 1.165) is 47.6 Å². The van der Waals surface area contributed by atoms with Gasteiger partial charge in [-0.25, -0.2) is 0 Å². The molecule has 0 amide bonds. The van der Waals surface area contributed by atoms with E-state index in [4.69, 9.17) is 9.47 Å². The summed E-state index contributed by atoms with van der Waals surface area (Å²) in [7, 11) is 1.67. The Morgan fingerprint density at radius 3 is 2.43 bits per heavy atom. The highest BCUT2D eigenvalue weighted by molar-refractivity contribution is 6.30. The summed E-state index contributed by atoms with van der Waals surface area (Å²) in [5.41, 5.74) is 4.90. The quantitative estimate of drug-likeness (QED) is 0.596. The summed E-state index contributed by atoms with van der Waals surface area (Å²) in [6.45, 7) is 6.08. The molecule has 1 aliphatic carbocycles. The maximum atomic E-state index is 13.3. The minimum atomic E-state index is 0.0819. The van der Waals surface area contributed by atoms with Gasteiger partial charge in [-0.05, 0) is 93.2 Å². The van der Waals surface area contributed by atoms with Crippen molar-refractivity contribution in [2.45, 2.75) is 39.0 Å². The van der Waals surface area contributed by atoms with E-state index in [0.29, 0.717) is 12.2 Å². The lowest BCUT2D eigenvalue weighted by Gasteiger charge is -2.26. The highest BCUT2D eigenvalue weighted by Gasteiger charge is 2.23. The number of Topliss-reactive ketones (excluding diaryl/α,β-unsaturated/α-hetero) is 1. The van der Waals surface area contributed by atoms with Crippen LogP contribution in [0.2, 0.25) is 0 Å². The van der Waals surface area contributed by atoms with Crippen molar-refractivity contribution in [1.82, 2.24) is 4.90 Å². The molecule has 30 heavy (non-hydrogen) atoms. The van der Waals surface area contributed by atoms with Gasteiger partial charge >= 0.3 is 0 Å². The van der Waals surface area contributed by atoms with Gasteiger partial charge in [-0.2, -0.15) is 0 Å². The van der Waals surface area contributed by atoms with E-state index < -0.39 is 0 Å². The number of hydrogen-bond donors (Lipinski definition) is 0. The van der Waals surface area contributed by atoms with Crippen molar-refractivity contribution in [2.24, 2.45) is 0 Å². The number of ketones is 1. The number of allylic oxidation sites excluding steroid dienone is 2. The van der Waals surface area contributed by atoms with Crippen molar-refractivity contribution in [3.05, 3.63) is 64.7 Å². The standard InChI is InChI=1S/C26H31NO3/c1-19-6-7-21-18-23(29-2)12-13-24(21)25(19)26(28)20-8-10-22(11-9-20)30-17-16-27-14-4-3-5-15-27/h8-13,18H,3-7,14-17H2,1-2H3. The average Bonchev–Trinajstić information content (AvgIpc) is 2.79. The van der Waals surface area contributed by atoms with Crippen LogP contribution in [-0.4, -0.2) is 44.0 Å². The second kappa shape index (κ2) is 9.48. The number of benzene rings is 2. The fraction of sp³-hybridized carbons (Fsp3) is 0.423. The lowest BCUT2D eigenvalue weighted by molar-refractivity contribution is 0.105. The van der Waals surface area contributed by atoms with Gasteiger partial charge in [0.05, 0.1) is 7.11 Å². The minimum Gasteiger partial charge on any atom is -0.497 e. The summed E-state index contributed by atoms with van der Waals surface area (Å²) in [6.07, 6.45) is 5.78. The van der Waals surface area contributed by atoms with Crippen LogP contribution in [0.25, 0.3) is 5.57 Å². The van der Waals surface area contributed by atoms with Crippen LogP contribution in [0.3, 0.4) is 0 Å². The number of nitrogens with zero attached hydrogens (tertiary/aromatic N) is 1. The van der Waals surface area contributed by atoms with Crippen LogP contribution in [0.1, 0.15) is 54.1 Å². The SMILES string of the molecule is COc1ccc2c(c1)CCC(C)=C2C(=O)c1ccc(OCCN2CCCCC2)cc1. The minimum absolute atomic E-state index is 0.0819. The van der Waals surface area contributed by atoms with Gasteiger partial charge in [0.15, 0.2) is 5.78 Å². The molecule has 0 bridgehead atoms. The molecule has 0 spiro atoms. The second-order valence-electron chi connectivity index (χ2n) is 8.28. The lowest BCUT2D eigenvalue weighted by Crippen LogP contribution is -2.33. The molecule has 158 valence electrons. The number of piperidine rings is 1. The molecule has 1 fully saturated rings. The number of rotatable bonds is 7. The van der Waals surface area contributed by atoms with Gasteiger partial charge in [-0.1, -0.05) is 18.1 Å². The van der Waals surface area contributed by atoms with Crippen LogP contribution in [0.4, 0.5) is 0 Å². The van der Waals surface area contributed by atoms with E-state index >= 15 is 0 Å². The molecule has 2 aromatic carbocycles. The van der Waals surface area contributed by atoms with E-state index in [1.54, 1.807) is 7.11 Å². The molecule has 1 aliphatic heterocycles. The summed E-state index contributed by atoms with van der Waals surface area (Å²) in [5.74, 6) is 1.74. The van der Waals surface area contributed by atoms with Crippen LogP contribution in [0.5, 0.6) is 11.5 Å². The van der Waals surface area contributed by atoms with Gasteiger partial charge in [0.25, 0.3) is 0 Å². The van der Waals surface area contributed by atoms with Crippen molar-refractivity contribution in [1.29, 1.82) is 0 Å². The second-order valence-corrected chi connectivity index (χ2v) is 8.28. The molecule has 0 N–H and O–H groups in total. The molecule has 4 rings (SSSR count). The Balaban J connectivity index is 1.43. The molecule has 2 aliphatic rings. The first-order valence-electron chi connectivity index (χ1n) is 11.0. The highest BCUT2D eigenvalue weighted by atomic mass is 16.5. The van der Waals surface area contributed by atoms with Crippen molar-refractivity contribution in [2.75, 3.05) is 33.4 Å². The first-order valence-corrected chi connectivity index (χ1v) is 11.0. The highest BCUT2D eigenvalue weighted by Crippen LogP contribution is 2.35. The van der Waals surface area contributed by atoms with Crippen LogP contribution >= 0.6 is 0 Å². The van der Waals surface area contributed by atoms with Crippen LogP contribution in [-0.2, 0) is 6.42 Å². The smallest absolute Gasteiger partial charge is 0.193 e. The summed E-state index contributed by atoms with van der Waals surface area (Å²) in [4.78, 5) is 15.8. The number of hydrogen-bond acceptors (Lipinski definition) is 4. The van der Waals surface area contributed by atoms with E-state index in [-0.39, 0.29) is 5.78 Å². The maximum absolute atomic E-state index is 13.3. The number of ether oxygens (including phenoxy) is 2. The number of methoxy groups -OCH3 is 1. The molecule has 1 heterocycles. The number of aryl methyl sites for hydroxylation is 1. The molecule has 4 heteroatoms. The number of fused-ring (bicyclic) bond motifs is 1. The zero-order chi connectivity index (χ0) is 20.9. The van der Waals surface area contributed by atoms with E-state index in [1.807, 2.05) is 42.5 Å². The third kappa shape index (κ3) is 4.59. The molecule has 0 atom stereocenters. The van der Waals surface area contributed by atoms with E-state index in [9.17, 15) is 4.79 Å². The normalized spacial score (nSPS) is 16.9. The Hall–Kier alpha value is -2.59. The van der Waals surface area contributed by atoms with E-state index in [2.05, 4.69) is 11.8 Å². The van der Waals surface area contributed by atoms with Crippen molar-refractivity contribution in [3.63, 3.8) is 0 Å². The molecule has 0 saturated carbocycles. The number of likely N-dealkylation sites (tertiary alicyclic amines) is 1. The zero-order valence-electron chi connectivity index (χ0n) is 18.1. The molecule has 0 aromatic heterocycles. The van der Waals surface area contributed by atoms with Crippen LogP contribution < -0.4 is 9.47 Å². The molecular formula is C26H31NO3. The molecule has 1 saturated heterocycles. The summed E-state index contributed by atoms with van der Waals surface area (Å²) in [6, 6.07) is 13.6. The average molecular weight is 406 g/mol. The monoisotopic (exact) mass is 405 g/mol. The molecule has 2 aromatic rings. The Morgan fingerprint density at radius 2 is 1.70 bits per heavy atom. The summed E-state index contributed by atoms with van der Waals surface area (Å²) >= 11 is 0. The maximum Gasteiger partial charge on any atom is 0.193 e. The summed E-state index contributed by atoms with van der Waals surface area (Å²) in [5, 5.41) is 0. The third-order valence-electron chi connectivity index (χ3n) is 6.25. The topological polar surface area (TPSA) is 38.8 Å². The van der Waals surface area contributed by atoms with Crippen LogP contribution in [0.15, 0.2) is 48.0 Å². The largest absolute Gasteiger partial charge is 0.497 e. The van der Waals surface area contributed by atoms with Crippen molar-refractivity contribution >= 4 is 11.4 Å². The Morgan fingerprint density at radius 1 is 0.967 bits per heavy atom. The first kappa shape index (κ1) is 20.7. The van der Waals surface area contributed by atoms with Gasteiger partial charge in [0, 0.05) is 17.7 Å². The molecule has 0 unspecified atom stereocenters. The van der Waals surface area contributed by atoms with Gasteiger partial charge < -0.3 is 9.47 Å². The molecular weight excluding hydrogens is 374 g/mol. The van der Waals surface area contributed by atoms with E-state index in [1.165, 1.54) is 37.9 Å². The van der Waals surface area contributed by atoms with Crippen molar-refractivity contribution < 1.29 is 14.3 Å². The fourth-order valence-electron chi connectivity index (χ4n) is 4.46. The van der Waals surface area contributed by atoms with Gasteiger partial charge in [0.1, 0.15) is 18.1 Å². The van der Waals surface area contributed by atoms with Gasteiger partial charge in [-0.15, -0.1) is 0 Å². The lowest BCUT2D eigenvalue weighted by atomic mass is 9.82. The van der Waals surface area contributed by atoms with Gasteiger partial charge in [-0.3, -0.25) is 9.69 Å². The fourth-order valence-corrected chi connectivity index (χ4v) is 4.46. The third-order valence-corrected chi connectivity index (χ3v) is 6.25. The van der Waals surface area contributed by atoms with Crippen molar-refractivity contribution in [3.8, 4) is 11.5 Å². The first-order chi connectivity index (χ1) is 14.7. The Kier molecular flexibility index (Phi) is 6.53. The Bertz CT molecular complexity index is 924. The Labute approximate surface area is 179 Å². The predicted octanol–water partition coefficient (Wildman–Crippen LogP) is 5.16. The predicted molar refractivity (Wildman–Crippen MR) is 120 cm³/mol. The number of carbonyl (C=O) groups excluding carboxylic acids is 1. The zero-order valence-corrected chi connectivity index (χ0v) is 18.1.